The molecule has 2 atom stereocenters. The fraction of sp³-hybridized carbons (Fsp3) is 0.533. The lowest BCUT2D eigenvalue weighted by Gasteiger charge is -2.36. The Labute approximate surface area is 114 Å². The van der Waals surface area contributed by atoms with Gasteiger partial charge in [-0.05, 0) is 38.8 Å². The Balaban J connectivity index is 2.26. The van der Waals surface area contributed by atoms with Crippen molar-refractivity contribution in [2.24, 2.45) is 5.73 Å². The van der Waals surface area contributed by atoms with Gasteiger partial charge in [0, 0.05) is 18.6 Å². The van der Waals surface area contributed by atoms with Crippen LogP contribution < -0.4 is 10.5 Å². The van der Waals surface area contributed by atoms with Gasteiger partial charge in [-0.1, -0.05) is 11.6 Å². The van der Waals surface area contributed by atoms with E-state index < -0.39 is 0 Å². The summed E-state index contributed by atoms with van der Waals surface area (Å²) in [4.78, 5) is 14.6. The Hall–Kier alpha value is -1.55. The van der Waals surface area contributed by atoms with Crippen molar-refractivity contribution in [2.75, 3.05) is 13.7 Å². The number of nitrogens with two attached hydrogens (primary N) is 1. The summed E-state index contributed by atoms with van der Waals surface area (Å²) in [7, 11) is 1.59. The van der Waals surface area contributed by atoms with Crippen LogP contribution in [-0.2, 0) is 0 Å². The number of methoxy groups -OCH3 is 1. The molecule has 4 heteroatoms. The van der Waals surface area contributed by atoms with Crippen molar-refractivity contribution < 1.29 is 9.53 Å². The highest BCUT2D eigenvalue weighted by atomic mass is 16.5. The first kappa shape index (κ1) is 13.9. The quantitative estimate of drug-likeness (QED) is 0.886. The zero-order chi connectivity index (χ0) is 14.0. The number of ether oxygens (including phenoxy) is 1. The first-order valence-corrected chi connectivity index (χ1v) is 6.74. The van der Waals surface area contributed by atoms with E-state index in [4.69, 9.17) is 10.5 Å². The van der Waals surface area contributed by atoms with E-state index in [0.29, 0.717) is 11.3 Å². The van der Waals surface area contributed by atoms with Crippen LogP contribution >= 0.6 is 0 Å². The summed E-state index contributed by atoms with van der Waals surface area (Å²) in [6.45, 7) is 4.75. The van der Waals surface area contributed by atoms with Crippen molar-refractivity contribution in [3.63, 3.8) is 0 Å². The van der Waals surface area contributed by atoms with Crippen LogP contribution in [0.1, 0.15) is 35.7 Å². The molecule has 0 spiro atoms. The molecule has 0 saturated carbocycles. The van der Waals surface area contributed by atoms with Crippen molar-refractivity contribution in [3.05, 3.63) is 29.3 Å². The minimum atomic E-state index is 0.0416. The summed E-state index contributed by atoms with van der Waals surface area (Å²) < 4.78 is 5.30. The Kier molecular flexibility index (Phi) is 4.10. The standard InChI is InChI=1S/C15H22N2O2/c1-10-4-5-14(19-3)13(8-10)15(18)17-7-6-12(16)9-11(17)2/h4-5,8,11-12H,6-7,9,16H2,1-3H3. The molecule has 0 aromatic heterocycles. The average Bonchev–Trinajstić information content (AvgIpc) is 2.38. The highest BCUT2D eigenvalue weighted by Gasteiger charge is 2.29. The molecule has 1 amide bonds. The minimum absolute atomic E-state index is 0.0416. The second-order valence-corrected chi connectivity index (χ2v) is 5.34. The maximum absolute atomic E-state index is 12.7. The molecule has 1 fully saturated rings. The van der Waals surface area contributed by atoms with Crippen LogP contribution in [-0.4, -0.2) is 36.5 Å². The van der Waals surface area contributed by atoms with Crippen LogP contribution in [0, 0.1) is 6.92 Å². The van der Waals surface area contributed by atoms with Crippen LogP contribution in [0.4, 0.5) is 0 Å². The van der Waals surface area contributed by atoms with E-state index in [1.165, 1.54) is 0 Å². The van der Waals surface area contributed by atoms with Crippen molar-refractivity contribution in [1.29, 1.82) is 0 Å². The Morgan fingerprint density at radius 1 is 1.47 bits per heavy atom. The number of carbonyl (C=O) groups excluding carboxylic acids is 1. The number of aryl methyl sites for hydroxylation is 1. The summed E-state index contributed by atoms with van der Waals surface area (Å²) in [5, 5.41) is 0. The van der Waals surface area contributed by atoms with Gasteiger partial charge in [-0.2, -0.15) is 0 Å². The van der Waals surface area contributed by atoms with Crippen molar-refractivity contribution in [1.82, 2.24) is 4.90 Å². The smallest absolute Gasteiger partial charge is 0.257 e. The lowest BCUT2D eigenvalue weighted by Crippen LogP contribution is -2.48. The van der Waals surface area contributed by atoms with E-state index in [-0.39, 0.29) is 18.0 Å². The third-order valence-corrected chi connectivity index (χ3v) is 3.76. The van der Waals surface area contributed by atoms with Gasteiger partial charge in [0.15, 0.2) is 0 Å². The van der Waals surface area contributed by atoms with E-state index in [9.17, 15) is 4.79 Å². The van der Waals surface area contributed by atoms with E-state index >= 15 is 0 Å². The second-order valence-electron chi connectivity index (χ2n) is 5.34. The molecule has 1 aromatic rings. The molecule has 104 valence electrons. The predicted octanol–water partition coefficient (Wildman–Crippen LogP) is 1.96. The largest absolute Gasteiger partial charge is 0.496 e. The number of hydrogen-bond acceptors (Lipinski definition) is 3. The van der Waals surface area contributed by atoms with Gasteiger partial charge in [-0.3, -0.25) is 4.79 Å². The molecule has 1 aliphatic rings. The molecule has 2 N–H and O–H groups in total. The molecule has 19 heavy (non-hydrogen) atoms. The molecular formula is C15H22N2O2. The highest BCUT2D eigenvalue weighted by Crippen LogP contribution is 2.25. The first-order valence-electron chi connectivity index (χ1n) is 6.74. The van der Waals surface area contributed by atoms with E-state index in [2.05, 4.69) is 6.92 Å². The highest BCUT2D eigenvalue weighted by molar-refractivity contribution is 5.97. The van der Waals surface area contributed by atoms with Gasteiger partial charge < -0.3 is 15.4 Å². The van der Waals surface area contributed by atoms with Gasteiger partial charge in [-0.25, -0.2) is 0 Å². The molecule has 1 saturated heterocycles. The van der Waals surface area contributed by atoms with Gasteiger partial charge in [-0.15, -0.1) is 0 Å². The van der Waals surface area contributed by atoms with Gasteiger partial charge >= 0.3 is 0 Å². The summed E-state index contributed by atoms with van der Waals surface area (Å²) in [5.41, 5.74) is 7.65. The Morgan fingerprint density at radius 3 is 2.84 bits per heavy atom. The molecule has 4 nitrogen and oxygen atoms in total. The number of amides is 1. The van der Waals surface area contributed by atoms with Crippen LogP contribution in [0.25, 0.3) is 0 Å². The normalized spacial score (nSPS) is 23.3. The van der Waals surface area contributed by atoms with E-state index in [0.717, 1.165) is 24.9 Å². The van der Waals surface area contributed by atoms with Gasteiger partial charge in [0.2, 0.25) is 0 Å². The fourth-order valence-corrected chi connectivity index (χ4v) is 2.65. The minimum Gasteiger partial charge on any atom is -0.496 e. The number of benzene rings is 1. The second kappa shape index (κ2) is 5.61. The number of rotatable bonds is 2. The molecule has 0 bridgehead atoms. The molecule has 1 aliphatic heterocycles. The average molecular weight is 262 g/mol. The monoisotopic (exact) mass is 262 g/mol. The first-order chi connectivity index (χ1) is 9.02. The number of likely N-dealkylation sites (tertiary alicyclic amines) is 1. The number of piperidine rings is 1. The SMILES string of the molecule is COc1ccc(C)cc1C(=O)N1CCC(N)CC1C. The maximum Gasteiger partial charge on any atom is 0.257 e. The van der Waals surface area contributed by atoms with Gasteiger partial charge in [0.1, 0.15) is 5.75 Å². The molecule has 0 aliphatic carbocycles. The summed E-state index contributed by atoms with van der Waals surface area (Å²) in [6, 6.07) is 6.08. The number of hydrogen-bond donors (Lipinski definition) is 1. The molecule has 0 radical (unpaired) electrons. The Bertz CT molecular complexity index is 473. The van der Waals surface area contributed by atoms with Crippen molar-refractivity contribution >= 4 is 5.91 Å². The third kappa shape index (κ3) is 2.89. The lowest BCUT2D eigenvalue weighted by molar-refractivity contribution is 0.0615. The molecule has 2 rings (SSSR count). The summed E-state index contributed by atoms with van der Waals surface area (Å²) >= 11 is 0. The molecular weight excluding hydrogens is 240 g/mol. The predicted molar refractivity (Wildman–Crippen MR) is 75.4 cm³/mol. The fourth-order valence-electron chi connectivity index (χ4n) is 2.65. The van der Waals surface area contributed by atoms with Crippen LogP contribution in [0.5, 0.6) is 5.75 Å². The summed E-state index contributed by atoms with van der Waals surface area (Å²) in [5.74, 6) is 0.678. The van der Waals surface area contributed by atoms with Crippen LogP contribution in [0.15, 0.2) is 18.2 Å². The van der Waals surface area contributed by atoms with Crippen LogP contribution in [0.2, 0.25) is 0 Å². The number of carbonyl (C=O) groups is 1. The zero-order valence-electron chi connectivity index (χ0n) is 11.8. The maximum atomic E-state index is 12.7. The van der Waals surface area contributed by atoms with Crippen molar-refractivity contribution in [3.8, 4) is 5.75 Å². The zero-order valence-corrected chi connectivity index (χ0v) is 11.8. The summed E-state index contributed by atoms with van der Waals surface area (Å²) in [6.07, 6.45) is 1.73. The van der Waals surface area contributed by atoms with Gasteiger partial charge in [0.05, 0.1) is 12.7 Å². The number of nitrogens with zero attached hydrogens (tertiary/aromatic N) is 1. The molecule has 1 heterocycles. The van der Waals surface area contributed by atoms with Gasteiger partial charge in [0.25, 0.3) is 5.91 Å². The van der Waals surface area contributed by atoms with Crippen LogP contribution in [0.3, 0.4) is 0 Å². The Morgan fingerprint density at radius 2 is 2.21 bits per heavy atom. The van der Waals surface area contributed by atoms with E-state index in [1.54, 1.807) is 7.11 Å². The molecule has 2 unspecified atom stereocenters. The topological polar surface area (TPSA) is 55.6 Å². The third-order valence-electron chi connectivity index (χ3n) is 3.76. The molecule has 1 aromatic carbocycles. The van der Waals surface area contributed by atoms with Crippen molar-refractivity contribution in [2.45, 2.75) is 38.8 Å². The van der Waals surface area contributed by atoms with E-state index in [1.807, 2.05) is 30.0 Å². The lowest BCUT2D eigenvalue weighted by atomic mass is 9.97.